The van der Waals surface area contributed by atoms with Gasteiger partial charge in [-0.3, -0.25) is 14.9 Å². The molecule has 2 saturated carbocycles. The summed E-state index contributed by atoms with van der Waals surface area (Å²) in [6, 6.07) is 5.75. The van der Waals surface area contributed by atoms with Crippen LogP contribution in [0.4, 0.5) is 16.0 Å². The lowest BCUT2D eigenvalue weighted by Crippen LogP contribution is -2.47. The van der Waals surface area contributed by atoms with Gasteiger partial charge in [0.25, 0.3) is 5.91 Å². The van der Waals surface area contributed by atoms with Crippen LogP contribution in [-0.4, -0.2) is 45.9 Å². The molecule has 1 N–H and O–H groups in total. The number of hydrogen-bond donors (Lipinski definition) is 1. The monoisotopic (exact) mass is 391 g/mol. The van der Waals surface area contributed by atoms with Crippen LogP contribution in [-0.2, 0) is 10.2 Å². The highest BCUT2D eigenvalue weighted by atomic mass is 19.1. The number of rotatable bonds is 4. The molecule has 2 fully saturated rings. The minimum Gasteiger partial charge on any atom is -0.328 e. The van der Waals surface area contributed by atoms with Gasteiger partial charge in [0.2, 0.25) is 17.5 Å². The molecular weight excluding hydrogens is 373 g/mol. The average Bonchev–Trinajstić information content (AvgIpc) is 3.64. The van der Waals surface area contributed by atoms with E-state index in [9.17, 15) is 14.0 Å². The van der Waals surface area contributed by atoms with Gasteiger partial charge in [-0.2, -0.15) is 0 Å². The van der Waals surface area contributed by atoms with Crippen LogP contribution in [0.15, 0.2) is 30.6 Å². The van der Waals surface area contributed by atoms with Crippen molar-refractivity contribution in [1.29, 1.82) is 0 Å². The zero-order valence-corrected chi connectivity index (χ0v) is 15.6. The molecule has 5 rings (SSSR count). The van der Waals surface area contributed by atoms with Gasteiger partial charge in [-0.05, 0) is 42.4 Å². The summed E-state index contributed by atoms with van der Waals surface area (Å²) in [6.45, 7) is 6.88. The van der Waals surface area contributed by atoms with Crippen molar-refractivity contribution in [2.45, 2.75) is 36.8 Å². The molecule has 3 aliphatic rings. The van der Waals surface area contributed by atoms with Crippen LogP contribution >= 0.6 is 0 Å². The largest absolute Gasteiger partial charge is 0.328 e. The number of aromatic nitrogens is 2. The van der Waals surface area contributed by atoms with E-state index >= 15 is 0 Å². The lowest BCUT2D eigenvalue weighted by molar-refractivity contribution is -0.117. The molecule has 146 valence electrons. The van der Waals surface area contributed by atoms with Crippen LogP contribution < -0.4 is 5.32 Å². The van der Waals surface area contributed by atoms with Gasteiger partial charge in [0, 0.05) is 29.9 Å². The van der Waals surface area contributed by atoms with Crippen molar-refractivity contribution < 1.29 is 14.0 Å². The maximum atomic E-state index is 14.5. The third kappa shape index (κ3) is 3.03. The fourth-order valence-corrected chi connectivity index (χ4v) is 4.11. The molecule has 7 nitrogen and oxygen atoms in total. The Morgan fingerprint density at radius 3 is 2.69 bits per heavy atom. The van der Waals surface area contributed by atoms with Crippen molar-refractivity contribution in [1.82, 2.24) is 14.9 Å². The summed E-state index contributed by atoms with van der Waals surface area (Å²) in [5, 5.41) is 2.52. The van der Waals surface area contributed by atoms with E-state index in [1.807, 2.05) is 12.1 Å². The van der Waals surface area contributed by atoms with E-state index in [1.54, 1.807) is 6.07 Å². The lowest BCUT2D eigenvalue weighted by Gasteiger charge is -2.34. The molecule has 0 unspecified atom stereocenters. The normalized spacial score (nSPS) is 24.8. The molecule has 0 radical (unpaired) electrons. The van der Waals surface area contributed by atoms with Gasteiger partial charge in [0.15, 0.2) is 0 Å². The summed E-state index contributed by atoms with van der Waals surface area (Å²) in [5.74, 6) is -0.127. The van der Waals surface area contributed by atoms with Crippen LogP contribution in [0.3, 0.4) is 0 Å². The summed E-state index contributed by atoms with van der Waals surface area (Å²) < 4.78 is 14.5. The van der Waals surface area contributed by atoms with Crippen LogP contribution in [0.1, 0.15) is 46.7 Å². The van der Waals surface area contributed by atoms with Gasteiger partial charge in [-0.15, -0.1) is 0 Å². The average molecular weight is 391 g/mol. The first-order valence-corrected chi connectivity index (χ1v) is 9.57. The molecule has 29 heavy (non-hydrogen) atoms. The van der Waals surface area contributed by atoms with Crippen molar-refractivity contribution in [3.8, 4) is 0 Å². The Balaban J connectivity index is 1.35. The maximum Gasteiger partial charge on any atom is 0.254 e. The van der Waals surface area contributed by atoms with E-state index in [4.69, 9.17) is 6.57 Å². The quantitative estimate of drug-likeness (QED) is 0.813. The third-order valence-electron chi connectivity index (χ3n) is 5.96. The molecule has 2 atom stereocenters. The Hall–Kier alpha value is -3.34. The molecule has 2 aliphatic carbocycles. The van der Waals surface area contributed by atoms with Gasteiger partial charge in [-0.1, -0.05) is 12.1 Å². The van der Waals surface area contributed by atoms with E-state index in [-0.39, 0.29) is 30.6 Å². The third-order valence-corrected chi connectivity index (χ3v) is 5.96. The number of nitrogens with one attached hydrogen (secondary N) is 1. The number of anilines is 1. The second-order valence-electron chi connectivity index (χ2n) is 7.99. The summed E-state index contributed by atoms with van der Waals surface area (Å²) in [5.41, 5.74) is 2.05. The van der Waals surface area contributed by atoms with Gasteiger partial charge in [0.1, 0.15) is 12.7 Å². The van der Waals surface area contributed by atoms with Crippen molar-refractivity contribution in [3.05, 3.63) is 58.7 Å². The van der Waals surface area contributed by atoms with Crippen molar-refractivity contribution in [2.24, 2.45) is 0 Å². The van der Waals surface area contributed by atoms with Crippen LogP contribution in [0.25, 0.3) is 4.85 Å². The number of benzene rings is 1. The summed E-state index contributed by atoms with van der Waals surface area (Å²) in [7, 11) is 0. The minimum absolute atomic E-state index is 0.0610. The molecule has 0 bridgehead atoms. The Morgan fingerprint density at radius 2 is 2.07 bits per heavy atom. The predicted octanol–water partition coefficient (Wildman–Crippen LogP) is 2.98. The van der Waals surface area contributed by atoms with Crippen LogP contribution in [0.2, 0.25) is 0 Å². The summed E-state index contributed by atoms with van der Waals surface area (Å²) >= 11 is 0. The zero-order valence-electron chi connectivity index (χ0n) is 15.6. The Morgan fingerprint density at radius 1 is 1.34 bits per heavy atom. The van der Waals surface area contributed by atoms with E-state index in [0.29, 0.717) is 17.9 Å². The molecule has 0 saturated heterocycles. The topological polar surface area (TPSA) is 79.5 Å². The number of carbonyl (C=O) groups is 2. The van der Waals surface area contributed by atoms with E-state index in [1.165, 1.54) is 22.9 Å². The Labute approximate surface area is 166 Å². The molecule has 1 aromatic carbocycles. The SMILES string of the molecule is [C-]#[N+]c1cnc(NC(=O)CN2C[C@]3(C[C@H]3F)c3cc(C4CC4)ccc3C2=O)nc1. The van der Waals surface area contributed by atoms with Crippen molar-refractivity contribution in [3.63, 3.8) is 0 Å². The molecule has 1 aliphatic heterocycles. The Kier molecular flexibility index (Phi) is 3.88. The molecule has 8 heteroatoms. The Bertz CT molecular complexity index is 1060. The van der Waals surface area contributed by atoms with Gasteiger partial charge < -0.3 is 4.90 Å². The van der Waals surface area contributed by atoms with E-state index < -0.39 is 17.5 Å². The standard InChI is InChI=1S/C21H18FN5O2/c1-23-14-8-24-20(25-9-14)26-18(28)10-27-11-21(7-17(21)22)16-6-13(12-2-3-12)4-5-15(16)19(27)29/h4-6,8-9,12,17H,2-3,7,10-11H2,(H,24,25,26,28)/t17-,21-/m1/s1. The zero-order chi connectivity index (χ0) is 20.2. The van der Waals surface area contributed by atoms with Crippen molar-refractivity contribution in [2.75, 3.05) is 18.4 Å². The summed E-state index contributed by atoms with van der Waals surface area (Å²) in [6.07, 6.45) is 4.28. The lowest BCUT2D eigenvalue weighted by atomic mass is 9.84. The number of amides is 2. The van der Waals surface area contributed by atoms with Gasteiger partial charge in [-0.25, -0.2) is 19.2 Å². The maximum absolute atomic E-state index is 14.5. The number of carbonyl (C=O) groups excluding carboxylic acids is 2. The number of alkyl halides is 1. The first-order chi connectivity index (χ1) is 14.0. The first-order valence-electron chi connectivity index (χ1n) is 9.57. The van der Waals surface area contributed by atoms with E-state index in [2.05, 4.69) is 20.1 Å². The second kappa shape index (κ2) is 6.34. The fraction of sp³-hybridized carbons (Fsp3) is 0.381. The van der Waals surface area contributed by atoms with Gasteiger partial charge >= 0.3 is 0 Å². The highest BCUT2D eigenvalue weighted by Crippen LogP contribution is 2.55. The highest BCUT2D eigenvalue weighted by Gasteiger charge is 2.61. The molecule has 2 aromatic rings. The molecule has 2 amide bonds. The highest BCUT2D eigenvalue weighted by molar-refractivity contribution is 6.01. The second-order valence-corrected chi connectivity index (χ2v) is 7.99. The van der Waals surface area contributed by atoms with Crippen molar-refractivity contribution >= 4 is 23.5 Å². The minimum atomic E-state index is -1.00. The first kappa shape index (κ1) is 17.7. The fourth-order valence-electron chi connectivity index (χ4n) is 4.11. The van der Waals surface area contributed by atoms with E-state index in [0.717, 1.165) is 18.4 Å². The molecule has 2 heterocycles. The number of nitrogens with zero attached hydrogens (tertiary/aromatic N) is 4. The molecular formula is C21H18FN5O2. The van der Waals surface area contributed by atoms with Crippen LogP contribution in [0.5, 0.6) is 0 Å². The van der Waals surface area contributed by atoms with Gasteiger partial charge in [0.05, 0.1) is 6.57 Å². The molecule has 1 aromatic heterocycles. The number of hydrogen-bond acceptors (Lipinski definition) is 4. The summed E-state index contributed by atoms with van der Waals surface area (Å²) in [4.78, 5) is 37.8. The number of fused-ring (bicyclic) bond motifs is 2. The van der Waals surface area contributed by atoms with Crippen LogP contribution in [0, 0.1) is 6.57 Å². The smallest absolute Gasteiger partial charge is 0.254 e. The predicted molar refractivity (Wildman–Crippen MR) is 102 cm³/mol. The molecule has 1 spiro atoms. The number of halogens is 1.